The Morgan fingerprint density at radius 1 is 1.30 bits per heavy atom. The van der Waals surface area contributed by atoms with E-state index < -0.39 is 6.10 Å². The van der Waals surface area contributed by atoms with Crippen LogP contribution < -0.4 is 4.90 Å². The molecule has 0 aromatic heterocycles. The third kappa shape index (κ3) is 3.36. The summed E-state index contributed by atoms with van der Waals surface area (Å²) >= 11 is 6.36. The molecule has 1 N–H and O–H groups in total. The molecule has 0 amide bonds. The molecule has 0 spiro atoms. The topological polar surface area (TPSA) is 23.5 Å². The fraction of sp³-hybridized carbons (Fsp3) is 0.529. The molecule has 2 nitrogen and oxygen atoms in total. The quantitative estimate of drug-likeness (QED) is 0.807. The minimum Gasteiger partial charge on any atom is -0.389 e. The van der Waals surface area contributed by atoms with Crippen molar-refractivity contribution in [2.75, 3.05) is 18.0 Å². The van der Waals surface area contributed by atoms with Gasteiger partial charge in [0.15, 0.2) is 0 Å². The lowest BCUT2D eigenvalue weighted by Crippen LogP contribution is -2.31. The second-order valence-electron chi connectivity index (χ2n) is 6.56. The summed E-state index contributed by atoms with van der Waals surface area (Å²) in [6.07, 6.45) is 2.93. The molecule has 20 heavy (non-hydrogen) atoms. The van der Waals surface area contributed by atoms with Crippen LogP contribution in [0.1, 0.15) is 45.8 Å². The van der Waals surface area contributed by atoms with E-state index >= 15 is 0 Å². The molecule has 0 saturated carbocycles. The van der Waals surface area contributed by atoms with Gasteiger partial charge in [-0.05, 0) is 36.5 Å². The molecule has 0 bridgehead atoms. The Morgan fingerprint density at radius 2 is 2.00 bits per heavy atom. The third-order valence-electron chi connectivity index (χ3n) is 3.97. The van der Waals surface area contributed by atoms with Crippen LogP contribution in [-0.4, -0.2) is 18.2 Å². The van der Waals surface area contributed by atoms with Gasteiger partial charge in [0.2, 0.25) is 0 Å². The summed E-state index contributed by atoms with van der Waals surface area (Å²) in [5.74, 6) is 0. The average molecular weight is 294 g/mol. The zero-order valence-corrected chi connectivity index (χ0v) is 13.5. The molecule has 1 aliphatic heterocycles. The largest absolute Gasteiger partial charge is 0.389 e. The van der Waals surface area contributed by atoms with Crippen molar-refractivity contribution >= 4 is 17.3 Å². The number of benzene rings is 1. The Kier molecular flexibility index (Phi) is 4.46. The molecule has 0 fully saturated rings. The number of anilines is 1. The Morgan fingerprint density at radius 3 is 2.45 bits per heavy atom. The molecule has 0 unspecified atom stereocenters. The molecule has 110 valence electrons. The lowest BCUT2D eigenvalue weighted by atomic mass is 9.83. The van der Waals surface area contributed by atoms with Crippen molar-refractivity contribution in [2.24, 2.45) is 5.41 Å². The Balaban J connectivity index is 2.17. The van der Waals surface area contributed by atoms with Crippen molar-refractivity contribution in [3.8, 4) is 0 Å². The smallest absolute Gasteiger partial charge is 0.0762 e. The van der Waals surface area contributed by atoms with Crippen LogP contribution >= 0.6 is 11.6 Å². The van der Waals surface area contributed by atoms with E-state index in [0.717, 1.165) is 35.8 Å². The molecular weight excluding hydrogens is 270 g/mol. The van der Waals surface area contributed by atoms with Crippen molar-refractivity contribution in [1.29, 1.82) is 0 Å². The number of halogens is 1. The lowest BCUT2D eigenvalue weighted by molar-refractivity contribution is 0.199. The van der Waals surface area contributed by atoms with Gasteiger partial charge in [-0.2, -0.15) is 0 Å². The van der Waals surface area contributed by atoms with Crippen LogP contribution in [-0.2, 0) is 0 Å². The molecule has 0 saturated heterocycles. The third-order valence-corrected chi connectivity index (χ3v) is 4.27. The number of hydrogen-bond donors (Lipinski definition) is 1. The standard InChI is InChI=1S/C17H24ClNO/c1-12(20)13-5-6-16(15(18)11-13)19-9-7-14(8-10-19)17(2,3)4/h5-7,11-12,20H,8-10H2,1-4H3/t12-/m0/s1. The molecule has 1 heterocycles. The van der Waals surface area contributed by atoms with Gasteiger partial charge in [-0.15, -0.1) is 0 Å². The first-order valence-corrected chi connectivity index (χ1v) is 7.59. The van der Waals surface area contributed by atoms with Crippen LogP contribution in [0.15, 0.2) is 29.8 Å². The summed E-state index contributed by atoms with van der Waals surface area (Å²) in [7, 11) is 0. The molecule has 1 aliphatic rings. The molecule has 1 aromatic rings. The van der Waals surface area contributed by atoms with Crippen LogP contribution in [0.3, 0.4) is 0 Å². The summed E-state index contributed by atoms with van der Waals surface area (Å²) in [5, 5.41) is 10.3. The lowest BCUT2D eigenvalue weighted by Gasteiger charge is -2.34. The second-order valence-corrected chi connectivity index (χ2v) is 6.97. The molecular formula is C17H24ClNO. The predicted molar refractivity (Wildman–Crippen MR) is 86.5 cm³/mol. The fourth-order valence-corrected chi connectivity index (χ4v) is 2.92. The fourth-order valence-electron chi connectivity index (χ4n) is 2.61. The van der Waals surface area contributed by atoms with Crippen molar-refractivity contribution in [1.82, 2.24) is 0 Å². The van der Waals surface area contributed by atoms with E-state index in [4.69, 9.17) is 11.6 Å². The van der Waals surface area contributed by atoms with Gasteiger partial charge in [0.1, 0.15) is 0 Å². The number of nitrogens with zero attached hydrogens (tertiary/aromatic N) is 1. The first-order valence-electron chi connectivity index (χ1n) is 7.21. The van der Waals surface area contributed by atoms with Crippen molar-refractivity contribution in [2.45, 2.75) is 40.2 Å². The highest BCUT2D eigenvalue weighted by molar-refractivity contribution is 6.33. The minimum absolute atomic E-state index is 0.256. The highest BCUT2D eigenvalue weighted by Crippen LogP contribution is 2.34. The zero-order valence-electron chi connectivity index (χ0n) is 12.8. The van der Waals surface area contributed by atoms with Gasteiger partial charge in [0.25, 0.3) is 0 Å². The molecule has 2 rings (SSSR count). The Labute approximate surface area is 127 Å². The number of aliphatic hydroxyl groups is 1. The van der Waals surface area contributed by atoms with Gasteiger partial charge >= 0.3 is 0 Å². The maximum Gasteiger partial charge on any atom is 0.0762 e. The van der Waals surface area contributed by atoms with E-state index in [-0.39, 0.29) is 5.41 Å². The minimum atomic E-state index is -0.477. The number of rotatable bonds is 2. The van der Waals surface area contributed by atoms with Gasteiger partial charge in [-0.3, -0.25) is 0 Å². The van der Waals surface area contributed by atoms with Crippen LogP contribution in [0, 0.1) is 5.41 Å². The van der Waals surface area contributed by atoms with E-state index in [1.807, 2.05) is 18.2 Å². The van der Waals surface area contributed by atoms with Gasteiger partial charge < -0.3 is 10.0 Å². The van der Waals surface area contributed by atoms with Gasteiger partial charge in [-0.25, -0.2) is 0 Å². The SMILES string of the molecule is C[C@H](O)c1ccc(N2CC=C(C(C)(C)C)CC2)c(Cl)c1. The van der Waals surface area contributed by atoms with Crippen LogP contribution in [0.4, 0.5) is 5.69 Å². The Hall–Kier alpha value is -0.990. The predicted octanol–water partition coefficient (Wildman–Crippen LogP) is 4.58. The molecule has 0 radical (unpaired) electrons. The second kappa shape index (κ2) is 5.79. The average Bonchev–Trinajstić information content (AvgIpc) is 2.37. The van der Waals surface area contributed by atoms with Crippen LogP contribution in [0.5, 0.6) is 0 Å². The molecule has 1 atom stereocenters. The van der Waals surface area contributed by atoms with Gasteiger partial charge in [0, 0.05) is 13.1 Å². The first kappa shape index (κ1) is 15.4. The summed E-state index contributed by atoms with van der Waals surface area (Å²) in [4.78, 5) is 2.30. The highest BCUT2D eigenvalue weighted by Gasteiger charge is 2.22. The van der Waals surface area contributed by atoms with Crippen molar-refractivity contribution in [3.63, 3.8) is 0 Å². The summed E-state index contributed by atoms with van der Waals surface area (Å²) < 4.78 is 0. The zero-order chi connectivity index (χ0) is 14.9. The highest BCUT2D eigenvalue weighted by atomic mass is 35.5. The maximum atomic E-state index is 9.59. The van der Waals surface area contributed by atoms with Crippen molar-refractivity contribution in [3.05, 3.63) is 40.4 Å². The molecule has 3 heteroatoms. The summed E-state index contributed by atoms with van der Waals surface area (Å²) in [6, 6.07) is 5.83. The van der Waals surface area contributed by atoms with Crippen LogP contribution in [0.2, 0.25) is 5.02 Å². The normalized spacial score (nSPS) is 17.9. The number of aliphatic hydroxyl groups excluding tert-OH is 1. The van der Waals surface area contributed by atoms with E-state index in [0.29, 0.717) is 0 Å². The van der Waals surface area contributed by atoms with E-state index in [9.17, 15) is 5.11 Å². The van der Waals surface area contributed by atoms with E-state index in [2.05, 4.69) is 31.7 Å². The monoisotopic (exact) mass is 293 g/mol. The summed E-state index contributed by atoms with van der Waals surface area (Å²) in [6.45, 7) is 10.4. The first-order chi connectivity index (χ1) is 9.29. The van der Waals surface area contributed by atoms with Gasteiger partial charge in [-0.1, -0.05) is 50.1 Å². The number of hydrogen-bond acceptors (Lipinski definition) is 2. The summed E-state index contributed by atoms with van der Waals surface area (Å²) in [5.41, 5.74) is 3.69. The van der Waals surface area contributed by atoms with Crippen LogP contribution in [0.25, 0.3) is 0 Å². The maximum absolute atomic E-state index is 9.59. The van der Waals surface area contributed by atoms with E-state index in [1.54, 1.807) is 6.92 Å². The Bertz CT molecular complexity index is 514. The van der Waals surface area contributed by atoms with Crippen molar-refractivity contribution < 1.29 is 5.11 Å². The molecule has 0 aliphatic carbocycles. The van der Waals surface area contributed by atoms with E-state index in [1.165, 1.54) is 5.57 Å². The molecule has 1 aromatic carbocycles. The van der Waals surface area contributed by atoms with Gasteiger partial charge in [0.05, 0.1) is 16.8 Å².